The predicted molar refractivity (Wildman–Crippen MR) is 58.6 cm³/mol. The molecule has 2 heterocycles. The number of hydrogen-bond donors (Lipinski definition) is 0. The summed E-state index contributed by atoms with van der Waals surface area (Å²) in [6, 6.07) is 6.17. The van der Waals surface area contributed by atoms with Gasteiger partial charge < -0.3 is 4.74 Å². The lowest BCUT2D eigenvalue weighted by molar-refractivity contribution is 0.111. The van der Waals surface area contributed by atoms with Crippen LogP contribution in [-0.4, -0.2) is 21.6 Å². The van der Waals surface area contributed by atoms with Crippen molar-refractivity contribution in [3.8, 4) is 11.4 Å². The molecule has 1 aromatic heterocycles. The van der Waals surface area contributed by atoms with Crippen LogP contribution in [0.25, 0.3) is 11.4 Å². The fourth-order valence-corrected chi connectivity index (χ4v) is 2.01. The molecule has 4 nitrogen and oxygen atoms in total. The third-order valence-corrected chi connectivity index (χ3v) is 2.76. The zero-order valence-electron chi connectivity index (χ0n) is 8.76. The van der Waals surface area contributed by atoms with Gasteiger partial charge in [-0.15, -0.1) is 0 Å². The van der Waals surface area contributed by atoms with Gasteiger partial charge in [-0.3, -0.25) is 0 Å². The van der Waals surface area contributed by atoms with Crippen molar-refractivity contribution in [1.29, 1.82) is 0 Å². The third kappa shape index (κ3) is 1.57. The van der Waals surface area contributed by atoms with Gasteiger partial charge in [0.1, 0.15) is 12.7 Å². The first kappa shape index (κ1) is 9.42. The van der Waals surface area contributed by atoms with E-state index in [0.29, 0.717) is 6.61 Å². The molecule has 0 amide bonds. The summed E-state index contributed by atoms with van der Waals surface area (Å²) in [4.78, 5) is 12.2. The van der Waals surface area contributed by atoms with Gasteiger partial charge in [0.25, 0.3) is 0 Å². The Morgan fingerprint density at radius 1 is 1.12 bits per heavy atom. The molecule has 0 radical (unpaired) electrons. The molecule has 0 aliphatic carbocycles. The lowest BCUT2D eigenvalue weighted by Gasteiger charge is -2.18. The smallest absolute Gasteiger partial charge is 0.162 e. The van der Waals surface area contributed by atoms with E-state index in [0.717, 1.165) is 24.4 Å². The highest BCUT2D eigenvalue weighted by Gasteiger charge is 2.15. The molecule has 4 heteroatoms. The van der Waals surface area contributed by atoms with Crippen molar-refractivity contribution < 1.29 is 4.74 Å². The highest BCUT2D eigenvalue weighted by Crippen LogP contribution is 2.26. The summed E-state index contributed by atoms with van der Waals surface area (Å²) in [6.07, 6.45) is 3.99. The first-order valence-corrected chi connectivity index (χ1v) is 5.26. The summed E-state index contributed by atoms with van der Waals surface area (Å²) in [5.74, 6) is 0.744. The van der Waals surface area contributed by atoms with Crippen molar-refractivity contribution in [2.45, 2.75) is 13.0 Å². The van der Waals surface area contributed by atoms with Crippen molar-refractivity contribution in [2.24, 2.45) is 0 Å². The highest BCUT2D eigenvalue weighted by atomic mass is 16.5. The van der Waals surface area contributed by atoms with Crippen LogP contribution in [0.15, 0.2) is 30.9 Å². The van der Waals surface area contributed by atoms with E-state index in [4.69, 9.17) is 4.74 Å². The zero-order chi connectivity index (χ0) is 10.8. The van der Waals surface area contributed by atoms with Gasteiger partial charge in [-0.05, 0) is 17.5 Å². The summed E-state index contributed by atoms with van der Waals surface area (Å²) in [5.41, 5.74) is 3.65. The topological polar surface area (TPSA) is 47.9 Å². The zero-order valence-corrected chi connectivity index (χ0v) is 8.76. The lowest BCUT2D eigenvalue weighted by Crippen LogP contribution is -2.11. The minimum Gasteiger partial charge on any atom is -0.376 e. The second kappa shape index (κ2) is 3.98. The van der Waals surface area contributed by atoms with Gasteiger partial charge in [-0.1, -0.05) is 18.2 Å². The molecule has 0 N–H and O–H groups in total. The van der Waals surface area contributed by atoms with Gasteiger partial charge in [0.2, 0.25) is 0 Å². The molecule has 1 aliphatic heterocycles. The van der Waals surface area contributed by atoms with Crippen LogP contribution in [0.2, 0.25) is 0 Å². The normalized spacial score (nSPS) is 14.5. The first-order chi connectivity index (χ1) is 7.95. The Morgan fingerprint density at radius 2 is 2.00 bits per heavy atom. The predicted octanol–water partition coefficient (Wildman–Crippen LogP) is 1.61. The lowest BCUT2D eigenvalue weighted by atomic mass is 9.97. The second-order valence-corrected chi connectivity index (χ2v) is 3.71. The Bertz CT molecular complexity index is 499. The maximum atomic E-state index is 5.43. The molecule has 0 fully saturated rings. The molecule has 1 aliphatic rings. The number of rotatable bonds is 1. The summed E-state index contributed by atoms with van der Waals surface area (Å²) < 4.78 is 5.43. The van der Waals surface area contributed by atoms with Gasteiger partial charge in [0.05, 0.1) is 13.2 Å². The summed E-state index contributed by atoms with van der Waals surface area (Å²) in [6.45, 7) is 1.46. The molecule has 0 unspecified atom stereocenters. The Morgan fingerprint density at radius 3 is 2.88 bits per heavy atom. The molecule has 2 aromatic rings. The van der Waals surface area contributed by atoms with Crippen molar-refractivity contribution in [2.75, 3.05) is 6.61 Å². The molecule has 80 valence electrons. The Kier molecular flexibility index (Phi) is 2.34. The fraction of sp³-hybridized carbons (Fsp3) is 0.250. The van der Waals surface area contributed by atoms with Gasteiger partial charge in [-0.2, -0.15) is 0 Å². The summed E-state index contributed by atoms with van der Waals surface area (Å²) >= 11 is 0. The van der Waals surface area contributed by atoms with Gasteiger partial charge in [-0.25, -0.2) is 15.0 Å². The average molecular weight is 213 g/mol. The molecule has 0 saturated heterocycles. The molecular formula is C12H11N3O. The number of nitrogens with zero attached hydrogens (tertiary/aromatic N) is 3. The standard InChI is InChI=1S/C12H11N3O/c1-2-9-6-16-5-4-10(9)11(3-1)12-14-7-13-8-15-12/h1-3,7-8H,4-6H2. The van der Waals surface area contributed by atoms with Gasteiger partial charge in [0, 0.05) is 5.56 Å². The number of hydrogen-bond acceptors (Lipinski definition) is 4. The van der Waals surface area contributed by atoms with Crippen LogP contribution >= 0.6 is 0 Å². The molecule has 16 heavy (non-hydrogen) atoms. The minimum atomic E-state index is 0.689. The molecule has 3 rings (SSSR count). The molecule has 1 aromatic carbocycles. The quantitative estimate of drug-likeness (QED) is 0.722. The monoisotopic (exact) mass is 213 g/mol. The van der Waals surface area contributed by atoms with E-state index in [1.165, 1.54) is 23.8 Å². The van der Waals surface area contributed by atoms with E-state index in [1.54, 1.807) is 0 Å². The van der Waals surface area contributed by atoms with E-state index in [-0.39, 0.29) is 0 Å². The highest BCUT2D eigenvalue weighted by molar-refractivity contribution is 5.62. The van der Waals surface area contributed by atoms with Crippen LogP contribution in [0.5, 0.6) is 0 Å². The van der Waals surface area contributed by atoms with E-state index >= 15 is 0 Å². The number of aromatic nitrogens is 3. The molecule has 0 saturated carbocycles. The largest absolute Gasteiger partial charge is 0.376 e. The molecule has 0 bridgehead atoms. The van der Waals surface area contributed by atoms with Crippen LogP contribution in [0.4, 0.5) is 0 Å². The van der Waals surface area contributed by atoms with Gasteiger partial charge in [0.15, 0.2) is 5.82 Å². The van der Waals surface area contributed by atoms with Crippen molar-refractivity contribution in [3.63, 3.8) is 0 Å². The molecular weight excluding hydrogens is 202 g/mol. The number of benzene rings is 1. The summed E-state index contributed by atoms with van der Waals surface area (Å²) in [7, 11) is 0. The fourth-order valence-electron chi connectivity index (χ4n) is 2.01. The van der Waals surface area contributed by atoms with Gasteiger partial charge >= 0.3 is 0 Å². The maximum absolute atomic E-state index is 5.43. The maximum Gasteiger partial charge on any atom is 0.162 e. The van der Waals surface area contributed by atoms with Crippen LogP contribution in [0.1, 0.15) is 11.1 Å². The van der Waals surface area contributed by atoms with E-state index in [2.05, 4.69) is 27.1 Å². The first-order valence-electron chi connectivity index (χ1n) is 5.26. The Labute approximate surface area is 93.3 Å². The minimum absolute atomic E-state index is 0.689. The van der Waals surface area contributed by atoms with E-state index in [9.17, 15) is 0 Å². The summed E-state index contributed by atoms with van der Waals surface area (Å²) in [5, 5.41) is 0. The molecule has 0 atom stereocenters. The van der Waals surface area contributed by atoms with Crippen LogP contribution in [-0.2, 0) is 17.8 Å². The van der Waals surface area contributed by atoms with Crippen molar-refractivity contribution in [1.82, 2.24) is 15.0 Å². The number of fused-ring (bicyclic) bond motifs is 1. The molecule has 0 spiro atoms. The Hall–Kier alpha value is -1.81. The Balaban J connectivity index is 2.14. The van der Waals surface area contributed by atoms with Crippen molar-refractivity contribution >= 4 is 0 Å². The van der Waals surface area contributed by atoms with Crippen LogP contribution in [0, 0.1) is 0 Å². The van der Waals surface area contributed by atoms with Crippen LogP contribution in [0.3, 0.4) is 0 Å². The van der Waals surface area contributed by atoms with Crippen molar-refractivity contribution in [3.05, 3.63) is 42.0 Å². The average Bonchev–Trinajstić information content (AvgIpc) is 2.39. The van der Waals surface area contributed by atoms with E-state index in [1.807, 2.05) is 6.07 Å². The van der Waals surface area contributed by atoms with Crippen LogP contribution < -0.4 is 0 Å². The SMILES string of the molecule is c1cc2c(c(-c3ncncn3)c1)CCOC2. The third-order valence-electron chi connectivity index (χ3n) is 2.76. The second-order valence-electron chi connectivity index (χ2n) is 3.71. The van der Waals surface area contributed by atoms with E-state index < -0.39 is 0 Å². The number of ether oxygens (including phenoxy) is 1.